The molecule has 0 spiro atoms. The van der Waals surface area contributed by atoms with Crippen LogP contribution in [0.3, 0.4) is 0 Å². The zero-order chi connectivity index (χ0) is 15.4. The second kappa shape index (κ2) is 6.89. The van der Waals surface area contributed by atoms with Crippen LogP contribution in [0.15, 0.2) is 12.1 Å². The van der Waals surface area contributed by atoms with Crippen LogP contribution in [0.2, 0.25) is 5.15 Å². The third-order valence-electron chi connectivity index (χ3n) is 3.78. The summed E-state index contributed by atoms with van der Waals surface area (Å²) in [6, 6.07) is 3.36. The Kier molecular flexibility index (Phi) is 5.17. The molecule has 1 fully saturated rings. The fourth-order valence-electron chi connectivity index (χ4n) is 2.67. The van der Waals surface area contributed by atoms with E-state index in [0.29, 0.717) is 16.4 Å². The van der Waals surface area contributed by atoms with Crippen LogP contribution in [-0.4, -0.2) is 30.0 Å². The maximum atomic E-state index is 12.2. The highest BCUT2D eigenvalue weighted by molar-refractivity contribution is 6.29. The quantitative estimate of drug-likeness (QED) is 0.688. The number of hydrogen-bond acceptors (Lipinski definition) is 4. The summed E-state index contributed by atoms with van der Waals surface area (Å²) in [5.74, 6) is -0.346. The number of halogens is 1. The van der Waals surface area contributed by atoms with Crippen LogP contribution in [-0.2, 0) is 9.53 Å². The van der Waals surface area contributed by atoms with Crippen molar-refractivity contribution in [3.05, 3.63) is 28.5 Å². The van der Waals surface area contributed by atoms with Crippen molar-refractivity contribution in [2.24, 2.45) is 5.92 Å². The molecular formula is C15H19ClN2O3. The average molecular weight is 311 g/mol. The molecule has 5 nitrogen and oxygen atoms in total. The van der Waals surface area contributed by atoms with Gasteiger partial charge in [0.15, 0.2) is 0 Å². The van der Waals surface area contributed by atoms with E-state index in [1.807, 2.05) is 0 Å². The van der Waals surface area contributed by atoms with E-state index in [1.165, 1.54) is 7.11 Å². The molecule has 0 bridgehead atoms. The molecule has 21 heavy (non-hydrogen) atoms. The van der Waals surface area contributed by atoms with Gasteiger partial charge in [-0.1, -0.05) is 11.6 Å². The minimum atomic E-state index is -0.156. The topological polar surface area (TPSA) is 68.3 Å². The van der Waals surface area contributed by atoms with Crippen LogP contribution >= 0.6 is 11.6 Å². The molecule has 1 N–H and O–H groups in total. The van der Waals surface area contributed by atoms with Gasteiger partial charge in [0.2, 0.25) is 0 Å². The predicted octanol–water partition coefficient (Wildman–Crippen LogP) is 2.51. The van der Waals surface area contributed by atoms with Crippen molar-refractivity contribution in [1.82, 2.24) is 10.3 Å². The van der Waals surface area contributed by atoms with Crippen molar-refractivity contribution in [3.8, 4) is 0 Å². The Hall–Kier alpha value is -1.62. The summed E-state index contributed by atoms with van der Waals surface area (Å²) in [4.78, 5) is 27.7. The van der Waals surface area contributed by atoms with Gasteiger partial charge >= 0.3 is 5.97 Å². The molecule has 1 aromatic heterocycles. The molecule has 1 amide bonds. The smallest absolute Gasteiger partial charge is 0.308 e. The monoisotopic (exact) mass is 310 g/mol. The maximum Gasteiger partial charge on any atom is 0.308 e. The van der Waals surface area contributed by atoms with E-state index in [2.05, 4.69) is 10.3 Å². The Balaban J connectivity index is 1.91. The van der Waals surface area contributed by atoms with Gasteiger partial charge in [-0.05, 0) is 44.7 Å². The molecule has 1 aliphatic rings. The average Bonchev–Trinajstić information content (AvgIpc) is 2.46. The van der Waals surface area contributed by atoms with Crippen molar-refractivity contribution >= 4 is 23.5 Å². The lowest BCUT2D eigenvalue weighted by Crippen LogP contribution is -2.39. The molecular weight excluding hydrogens is 292 g/mol. The summed E-state index contributed by atoms with van der Waals surface area (Å²) in [6.07, 6.45) is 3.05. The van der Waals surface area contributed by atoms with E-state index >= 15 is 0 Å². The van der Waals surface area contributed by atoms with Crippen LogP contribution < -0.4 is 5.32 Å². The minimum absolute atomic E-state index is 0.0410. The van der Waals surface area contributed by atoms with Crippen LogP contribution in [0.25, 0.3) is 0 Å². The second-order valence-corrected chi connectivity index (χ2v) is 5.75. The van der Waals surface area contributed by atoms with E-state index in [1.54, 1.807) is 19.1 Å². The number of amides is 1. The van der Waals surface area contributed by atoms with E-state index in [9.17, 15) is 9.59 Å². The van der Waals surface area contributed by atoms with Crippen molar-refractivity contribution in [1.29, 1.82) is 0 Å². The number of ether oxygens (including phenoxy) is 1. The molecule has 0 unspecified atom stereocenters. The fraction of sp³-hybridized carbons (Fsp3) is 0.533. The third-order valence-corrected chi connectivity index (χ3v) is 3.97. The minimum Gasteiger partial charge on any atom is -0.469 e. The molecule has 0 aromatic carbocycles. The van der Waals surface area contributed by atoms with Crippen LogP contribution in [0.4, 0.5) is 0 Å². The van der Waals surface area contributed by atoms with E-state index < -0.39 is 0 Å². The summed E-state index contributed by atoms with van der Waals surface area (Å²) in [7, 11) is 1.41. The Labute approximate surface area is 129 Å². The summed E-state index contributed by atoms with van der Waals surface area (Å²) >= 11 is 5.86. The van der Waals surface area contributed by atoms with E-state index in [4.69, 9.17) is 16.3 Å². The summed E-state index contributed by atoms with van der Waals surface area (Å²) in [6.45, 7) is 1.80. The van der Waals surface area contributed by atoms with Gasteiger partial charge in [-0.2, -0.15) is 0 Å². The third kappa shape index (κ3) is 4.17. The van der Waals surface area contributed by atoms with Gasteiger partial charge < -0.3 is 10.1 Å². The lowest BCUT2D eigenvalue weighted by atomic mass is 9.86. The Morgan fingerprint density at radius 1 is 1.29 bits per heavy atom. The number of carbonyl (C=O) groups excluding carboxylic acids is 2. The van der Waals surface area contributed by atoms with Gasteiger partial charge in [-0.3, -0.25) is 9.59 Å². The van der Waals surface area contributed by atoms with Crippen molar-refractivity contribution in [3.63, 3.8) is 0 Å². The number of aryl methyl sites for hydroxylation is 1. The Morgan fingerprint density at radius 3 is 2.52 bits per heavy atom. The zero-order valence-electron chi connectivity index (χ0n) is 12.2. The summed E-state index contributed by atoms with van der Waals surface area (Å²) in [5.41, 5.74) is 1.23. The number of methoxy groups -OCH3 is 1. The molecule has 0 radical (unpaired) electrons. The molecule has 0 atom stereocenters. The first-order valence-corrected chi connectivity index (χ1v) is 7.40. The zero-order valence-corrected chi connectivity index (χ0v) is 12.9. The van der Waals surface area contributed by atoms with Crippen molar-refractivity contribution in [2.45, 2.75) is 38.6 Å². The van der Waals surface area contributed by atoms with Gasteiger partial charge in [0.05, 0.1) is 13.0 Å². The fourth-order valence-corrected chi connectivity index (χ4v) is 2.92. The molecule has 2 rings (SSSR count). The van der Waals surface area contributed by atoms with Crippen LogP contribution in [0, 0.1) is 12.8 Å². The predicted molar refractivity (Wildman–Crippen MR) is 79.2 cm³/mol. The van der Waals surface area contributed by atoms with E-state index in [0.717, 1.165) is 25.7 Å². The largest absolute Gasteiger partial charge is 0.469 e. The number of hydrogen-bond donors (Lipinski definition) is 1. The lowest BCUT2D eigenvalue weighted by molar-refractivity contribution is -0.146. The molecule has 0 saturated heterocycles. The molecule has 1 aromatic rings. The molecule has 114 valence electrons. The SMILES string of the molecule is COC(=O)C1CCC(NC(=O)c2cc(C)nc(Cl)c2)CC1. The van der Waals surface area contributed by atoms with Gasteiger partial charge in [-0.25, -0.2) is 4.98 Å². The number of pyridine rings is 1. The first-order chi connectivity index (χ1) is 9.99. The van der Waals surface area contributed by atoms with Gasteiger partial charge in [0.25, 0.3) is 5.91 Å². The van der Waals surface area contributed by atoms with Gasteiger partial charge in [-0.15, -0.1) is 0 Å². The van der Waals surface area contributed by atoms with Crippen LogP contribution in [0.5, 0.6) is 0 Å². The first kappa shape index (κ1) is 15.8. The van der Waals surface area contributed by atoms with Crippen LogP contribution in [0.1, 0.15) is 41.7 Å². The van der Waals surface area contributed by atoms with Crippen molar-refractivity contribution in [2.75, 3.05) is 7.11 Å². The highest BCUT2D eigenvalue weighted by atomic mass is 35.5. The summed E-state index contributed by atoms with van der Waals surface area (Å²) in [5, 5.41) is 3.30. The summed E-state index contributed by atoms with van der Waals surface area (Å²) < 4.78 is 4.75. The molecule has 1 aliphatic carbocycles. The first-order valence-electron chi connectivity index (χ1n) is 7.02. The molecule has 0 aliphatic heterocycles. The number of nitrogens with zero attached hydrogens (tertiary/aromatic N) is 1. The van der Waals surface area contributed by atoms with E-state index in [-0.39, 0.29) is 23.8 Å². The highest BCUT2D eigenvalue weighted by Gasteiger charge is 2.27. The highest BCUT2D eigenvalue weighted by Crippen LogP contribution is 2.25. The van der Waals surface area contributed by atoms with Crippen molar-refractivity contribution < 1.29 is 14.3 Å². The number of aromatic nitrogens is 1. The number of carbonyl (C=O) groups is 2. The Bertz CT molecular complexity index is 519. The maximum absolute atomic E-state index is 12.2. The number of esters is 1. The standard InChI is InChI=1S/C15H19ClN2O3/c1-9-7-11(8-13(16)17-9)14(19)18-12-5-3-10(4-6-12)15(20)21-2/h7-8,10,12H,3-6H2,1-2H3,(H,18,19). The molecule has 1 heterocycles. The van der Waals surface area contributed by atoms with Gasteiger partial charge in [0, 0.05) is 17.3 Å². The normalized spacial score (nSPS) is 21.7. The second-order valence-electron chi connectivity index (χ2n) is 5.37. The number of nitrogens with one attached hydrogen (secondary N) is 1. The molecule has 6 heteroatoms. The number of rotatable bonds is 3. The van der Waals surface area contributed by atoms with Gasteiger partial charge in [0.1, 0.15) is 5.15 Å². The Morgan fingerprint density at radius 2 is 1.95 bits per heavy atom. The molecule has 1 saturated carbocycles. The lowest BCUT2D eigenvalue weighted by Gasteiger charge is -2.27.